The Kier molecular flexibility index (Phi) is 3.83. The summed E-state index contributed by atoms with van der Waals surface area (Å²) in [6.07, 6.45) is 2.33. The van der Waals surface area contributed by atoms with E-state index in [4.69, 9.17) is 34.0 Å². The first-order chi connectivity index (χ1) is 6.90. The SMILES string of the molecule is N[C@@H](c1c(Cl)cncc1Cl)C(F)(F)CO. The van der Waals surface area contributed by atoms with Gasteiger partial charge in [0, 0.05) is 18.0 Å². The Morgan fingerprint density at radius 3 is 2.27 bits per heavy atom. The van der Waals surface area contributed by atoms with Crippen LogP contribution in [0.3, 0.4) is 0 Å². The summed E-state index contributed by atoms with van der Waals surface area (Å²) in [6.45, 7) is -1.37. The number of pyridine rings is 1. The van der Waals surface area contributed by atoms with Gasteiger partial charge in [-0.15, -0.1) is 0 Å². The van der Waals surface area contributed by atoms with Crippen molar-refractivity contribution in [3.63, 3.8) is 0 Å². The van der Waals surface area contributed by atoms with Gasteiger partial charge in [0.1, 0.15) is 6.61 Å². The molecule has 0 aliphatic heterocycles. The summed E-state index contributed by atoms with van der Waals surface area (Å²) in [6, 6.07) is -1.76. The van der Waals surface area contributed by atoms with Crippen molar-refractivity contribution in [2.24, 2.45) is 5.73 Å². The van der Waals surface area contributed by atoms with Crippen LogP contribution in [0, 0.1) is 0 Å². The van der Waals surface area contributed by atoms with Crippen LogP contribution in [0.15, 0.2) is 12.4 Å². The Bertz CT molecular complexity index is 342. The van der Waals surface area contributed by atoms with Crippen molar-refractivity contribution in [1.29, 1.82) is 0 Å². The van der Waals surface area contributed by atoms with Gasteiger partial charge in [-0.3, -0.25) is 4.98 Å². The van der Waals surface area contributed by atoms with E-state index >= 15 is 0 Å². The van der Waals surface area contributed by atoms with Crippen molar-refractivity contribution < 1.29 is 13.9 Å². The highest BCUT2D eigenvalue weighted by Gasteiger charge is 2.39. The average Bonchev–Trinajstić information content (AvgIpc) is 2.17. The third kappa shape index (κ3) is 2.55. The van der Waals surface area contributed by atoms with Gasteiger partial charge >= 0.3 is 0 Å². The number of aromatic nitrogens is 1. The Morgan fingerprint density at radius 2 is 1.87 bits per heavy atom. The Hall–Kier alpha value is -0.490. The molecule has 3 nitrogen and oxygen atoms in total. The zero-order valence-electron chi connectivity index (χ0n) is 7.42. The summed E-state index contributed by atoms with van der Waals surface area (Å²) in [5.41, 5.74) is 5.16. The Morgan fingerprint density at radius 1 is 1.40 bits per heavy atom. The molecule has 1 atom stereocenters. The van der Waals surface area contributed by atoms with Gasteiger partial charge in [-0.05, 0) is 0 Å². The predicted octanol–water partition coefficient (Wildman–Crippen LogP) is 2.02. The van der Waals surface area contributed by atoms with E-state index in [2.05, 4.69) is 4.98 Å². The molecule has 1 aromatic heterocycles. The molecule has 0 saturated heterocycles. The van der Waals surface area contributed by atoms with Crippen LogP contribution in [0.1, 0.15) is 11.6 Å². The first kappa shape index (κ1) is 12.6. The van der Waals surface area contributed by atoms with Crippen LogP contribution in [0.25, 0.3) is 0 Å². The number of aliphatic hydroxyl groups excluding tert-OH is 1. The zero-order chi connectivity index (χ0) is 11.6. The fraction of sp³-hybridized carbons (Fsp3) is 0.375. The predicted molar refractivity (Wildman–Crippen MR) is 53.2 cm³/mol. The fourth-order valence-corrected chi connectivity index (χ4v) is 1.63. The van der Waals surface area contributed by atoms with Crippen LogP contribution in [-0.4, -0.2) is 22.6 Å². The molecule has 1 rings (SSSR count). The maximum Gasteiger partial charge on any atom is 0.289 e. The van der Waals surface area contributed by atoms with Crippen molar-refractivity contribution in [3.05, 3.63) is 28.0 Å². The van der Waals surface area contributed by atoms with E-state index in [0.29, 0.717) is 0 Å². The number of nitrogens with two attached hydrogens (primary N) is 1. The van der Waals surface area contributed by atoms with Crippen LogP contribution in [0.4, 0.5) is 8.78 Å². The number of alkyl halides is 2. The highest BCUT2D eigenvalue weighted by atomic mass is 35.5. The van der Waals surface area contributed by atoms with Crippen molar-refractivity contribution in [3.8, 4) is 0 Å². The van der Waals surface area contributed by atoms with Crippen LogP contribution in [0.2, 0.25) is 10.0 Å². The molecule has 15 heavy (non-hydrogen) atoms. The molecule has 1 heterocycles. The molecule has 84 valence electrons. The van der Waals surface area contributed by atoms with Gasteiger partial charge in [-0.2, -0.15) is 0 Å². The van der Waals surface area contributed by atoms with E-state index in [1.807, 2.05) is 0 Å². The third-order valence-corrected chi connectivity index (χ3v) is 2.47. The lowest BCUT2D eigenvalue weighted by atomic mass is 10.0. The van der Waals surface area contributed by atoms with Crippen LogP contribution >= 0.6 is 23.2 Å². The van der Waals surface area contributed by atoms with E-state index in [0.717, 1.165) is 12.4 Å². The standard InChI is InChI=1S/C8H8Cl2F2N2O/c9-4-1-14-2-5(10)6(4)7(13)8(11,12)3-15/h1-2,7,15H,3,13H2/t7-/m0/s1. The number of hydrogen-bond acceptors (Lipinski definition) is 3. The van der Waals surface area contributed by atoms with Gasteiger partial charge in [0.05, 0.1) is 16.1 Å². The van der Waals surface area contributed by atoms with Gasteiger partial charge in [-0.1, -0.05) is 23.2 Å². The summed E-state index contributed by atoms with van der Waals surface area (Å²) in [5, 5.41) is 8.37. The molecule has 3 N–H and O–H groups in total. The minimum absolute atomic E-state index is 0.0527. The van der Waals surface area contributed by atoms with Crippen LogP contribution in [0.5, 0.6) is 0 Å². The maximum atomic E-state index is 13.1. The van der Waals surface area contributed by atoms with Crippen molar-refractivity contribution in [2.75, 3.05) is 6.61 Å². The van der Waals surface area contributed by atoms with E-state index in [1.54, 1.807) is 0 Å². The highest BCUT2D eigenvalue weighted by Crippen LogP contribution is 2.36. The smallest absolute Gasteiger partial charge is 0.289 e. The van der Waals surface area contributed by atoms with Crippen molar-refractivity contribution >= 4 is 23.2 Å². The summed E-state index contributed by atoms with van der Waals surface area (Å²) >= 11 is 11.3. The average molecular weight is 257 g/mol. The topological polar surface area (TPSA) is 59.1 Å². The molecule has 0 aliphatic rings. The molecule has 0 saturated carbocycles. The maximum absolute atomic E-state index is 13.1. The second-order valence-electron chi connectivity index (χ2n) is 2.91. The molecule has 0 radical (unpaired) electrons. The second-order valence-corrected chi connectivity index (χ2v) is 3.73. The molecule has 0 fully saturated rings. The molecule has 0 aromatic carbocycles. The second kappa shape index (κ2) is 4.57. The van der Waals surface area contributed by atoms with Crippen molar-refractivity contribution in [1.82, 2.24) is 4.98 Å². The number of rotatable bonds is 3. The van der Waals surface area contributed by atoms with Gasteiger partial charge in [-0.25, -0.2) is 8.78 Å². The first-order valence-electron chi connectivity index (χ1n) is 3.93. The van der Waals surface area contributed by atoms with Gasteiger partial charge < -0.3 is 10.8 Å². The molecule has 0 aliphatic carbocycles. The monoisotopic (exact) mass is 256 g/mol. The molecule has 0 amide bonds. The highest BCUT2D eigenvalue weighted by molar-refractivity contribution is 6.35. The third-order valence-electron chi connectivity index (χ3n) is 1.87. The molecule has 1 aromatic rings. The number of nitrogens with zero attached hydrogens (tertiary/aromatic N) is 1. The van der Waals surface area contributed by atoms with Gasteiger partial charge in [0.25, 0.3) is 5.92 Å². The van der Waals surface area contributed by atoms with Gasteiger partial charge in [0.2, 0.25) is 0 Å². The zero-order valence-corrected chi connectivity index (χ0v) is 8.93. The summed E-state index contributed by atoms with van der Waals surface area (Å²) < 4.78 is 26.2. The molecule has 0 bridgehead atoms. The molecule has 7 heteroatoms. The molecular formula is C8H8Cl2F2N2O. The van der Waals surface area contributed by atoms with E-state index in [-0.39, 0.29) is 15.6 Å². The normalized spacial score (nSPS) is 14.0. The Labute approximate surface area is 94.8 Å². The largest absolute Gasteiger partial charge is 0.390 e. The van der Waals surface area contributed by atoms with Crippen molar-refractivity contribution in [2.45, 2.75) is 12.0 Å². The van der Waals surface area contributed by atoms with Crippen LogP contribution < -0.4 is 5.73 Å². The molecule has 0 spiro atoms. The molecule has 0 unspecified atom stereocenters. The lowest BCUT2D eigenvalue weighted by Crippen LogP contribution is -2.36. The number of aliphatic hydroxyl groups is 1. The summed E-state index contributed by atoms with van der Waals surface area (Å²) in [4.78, 5) is 3.61. The van der Waals surface area contributed by atoms with E-state index in [9.17, 15) is 8.78 Å². The quantitative estimate of drug-likeness (QED) is 0.870. The minimum atomic E-state index is -3.48. The van der Waals surface area contributed by atoms with Crippen LogP contribution in [-0.2, 0) is 0 Å². The lowest BCUT2D eigenvalue weighted by Gasteiger charge is -2.23. The molecular weight excluding hydrogens is 249 g/mol. The van der Waals surface area contributed by atoms with E-state index in [1.165, 1.54) is 0 Å². The fourth-order valence-electron chi connectivity index (χ4n) is 1.03. The summed E-state index contributed by atoms with van der Waals surface area (Å²) in [7, 11) is 0. The first-order valence-corrected chi connectivity index (χ1v) is 4.69. The summed E-state index contributed by atoms with van der Waals surface area (Å²) in [5.74, 6) is -3.48. The van der Waals surface area contributed by atoms with Gasteiger partial charge in [0.15, 0.2) is 0 Å². The minimum Gasteiger partial charge on any atom is -0.390 e. The number of hydrogen-bond donors (Lipinski definition) is 2. The number of halogens is 4. The van der Waals surface area contributed by atoms with E-state index < -0.39 is 18.6 Å². The lowest BCUT2D eigenvalue weighted by molar-refractivity contribution is -0.0711. The Balaban J connectivity index is 3.16.